The summed E-state index contributed by atoms with van der Waals surface area (Å²) in [6, 6.07) is 18.8. The van der Waals surface area contributed by atoms with Gasteiger partial charge in [-0.05, 0) is 24.5 Å². The number of ether oxygens (including phenoxy) is 1. The minimum absolute atomic E-state index is 0.0425. The van der Waals surface area contributed by atoms with Gasteiger partial charge in [-0.3, -0.25) is 4.79 Å². The van der Waals surface area contributed by atoms with Crippen LogP contribution in [0.5, 0.6) is 0 Å². The van der Waals surface area contributed by atoms with E-state index in [1.165, 1.54) is 0 Å². The molecule has 0 bridgehead atoms. The molecule has 1 aliphatic heterocycles. The first-order valence-electron chi connectivity index (χ1n) is 9.47. The SMILES string of the molecule is CCOC(=O)[C@H](Cc1ccccc1)N1CCN[C@@H](Cc2ccccc2)C1=O. The zero-order valence-electron chi connectivity index (χ0n) is 15.6. The highest BCUT2D eigenvalue weighted by molar-refractivity contribution is 5.88. The molecule has 27 heavy (non-hydrogen) atoms. The Balaban J connectivity index is 1.77. The molecular formula is C22H26N2O3. The highest BCUT2D eigenvalue weighted by Gasteiger charge is 2.37. The van der Waals surface area contributed by atoms with E-state index in [4.69, 9.17) is 4.74 Å². The van der Waals surface area contributed by atoms with Gasteiger partial charge >= 0.3 is 5.97 Å². The summed E-state index contributed by atoms with van der Waals surface area (Å²) in [4.78, 5) is 27.4. The van der Waals surface area contributed by atoms with Crippen molar-refractivity contribution < 1.29 is 14.3 Å². The van der Waals surface area contributed by atoms with E-state index < -0.39 is 6.04 Å². The second-order valence-corrected chi connectivity index (χ2v) is 6.69. The second-order valence-electron chi connectivity index (χ2n) is 6.69. The van der Waals surface area contributed by atoms with Crippen LogP contribution in [0.1, 0.15) is 18.1 Å². The first kappa shape index (κ1) is 19.1. The molecule has 2 aromatic rings. The van der Waals surface area contributed by atoms with E-state index in [0.717, 1.165) is 11.1 Å². The number of rotatable bonds is 7. The molecule has 0 aliphatic carbocycles. The third kappa shape index (κ3) is 4.95. The second kappa shape index (κ2) is 9.33. The van der Waals surface area contributed by atoms with Gasteiger partial charge in [0.05, 0.1) is 12.6 Å². The van der Waals surface area contributed by atoms with Crippen molar-refractivity contribution in [2.24, 2.45) is 0 Å². The van der Waals surface area contributed by atoms with E-state index in [0.29, 0.717) is 32.5 Å². The lowest BCUT2D eigenvalue weighted by Gasteiger charge is -2.37. The van der Waals surface area contributed by atoms with Crippen molar-refractivity contribution in [3.63, 3.8) is 0 Å². The summed E-state index contributed by atoms with van der Waals surface area (Å²) in [5, 5.41) is 3.29. The fourth-order valence-electron chi connectivity index (χ4n) is 3.47. The first-order valence-corrected chi connectivity index (χ1v) is 9.47. The van der Waals surface area contributed by atoms with Crippen molar-refractivity contribution in [2.45, 2.75) is 31.8 Å². The topological polar surface area (TPSA) is 58.6 Å². The zero-order chi connectivity index (χ0) is 19.1. The maximum atomic E-state index is 13.1. The highest BCUT2D eigenvalue weighted by atomic mass is 16.5. The van der Waals surface area contributed by atoms with Crippen molar-refractivity contribution in [2.75, 3.05) is 19.7 Å². The lowest BCUT2D eigenvalue weighted by atomic mass is 9.99. The maximum Gasteiger partial charge on any atom is 0.329 e. The number of benzene rings is 2. The number of nitrogens with one attached hydrogen (secondary N) is 1. The van der Waals surface area contributed by atoms with Crippen LogP contribution in [-0.4, -0.2) is 48.6 Å². The number of hydrogen-bond donors (Lipinski definition) is 1. The minimum Gasteiger partial charge on any atom is -0.464 e. The molecule has 0 saturated carbocycles. The summed E-state index contributed by atoms with van der Waals surface area (Å²) < 4.78 is 5.28. The molecular weight excluding hydrogens is 340 g/mol. The van der Waals surface area contributed by atoms with E-state index in [-0.39, 0.29) is 17.9 Å². The van der Waals surface area contributed by atoms with Gasteiger partial charge in [0, 0.05) is 19.5 Å². The van der Waals surface area contributed by atoms with Crippen molar-refractivity contribution in [1.29, 1.82) is 0 Å². The Morgan fingerprint density at radius 3 is 2.37 bits per heavy atom. The number of carbonyl (C=O) groups is 2. The Kier molecular flexibility index (Phi) is 6.60. The molecule has 5 heteroatoms. The standard InChI is InChI=1S/C22H26N2O3/c1-2-27-22(26)20(16-18-11-7-4-8-12-18)24-14-13-23-19(21(24)25)15-17-9-5-3-6-10-17/h3-12,19-20,23H,2,13-16H2,1H3/t19-,20-/m0/s1. The van der Waals surface area contributed by atoms with Gasteiger partial charge in [0.25, 0.3) is 0 Å². The molecule has 0 aromatic heterocycles. The molecule has 1 saturated heterocycles. The summed E-state index contributed by atoms with van der Waals surface area (Å²) in [5.41, 5.74) is 2.11. The van der Waals surface area contributed by atoms with Crippen molar-refractivity contribution in [1.82, 2.24) is 10.2 Å². The largest absolute Gasteiger partial charge is 0.464 e. The van der Waals surface area contributed by atoms with Crippen molar-refractivity contribution in [3.05, 3.63) is 71.8 Å². The zero-order valence-corrected chi connectivity index (χ0v) is 15.6. The molecule has 0 unspecified atom stereocenters. The monoisotopic (exact) mass is 366 g/mol. The molecule has 1 amide bonds. The van der Waals surface area contributed by atoms with Gasteiger partial charge < -0.3 is 15.0 Å². The smallest absolute Gasteiger partial charge is 0.329 e. The van der Waals surface area contributed by atoms with Crippen molar-refractivity contribution >= 4 is 11.9 Å². The normalized spacial score (nSPS) is 18.2. The number of carbonyl (C=O) groups excluding carboxylic acids is 2. The third-order valence-electron chi connectivity index (χ3n) is 4.81. The first-order chi connectivity index (χ1) is 13.2. The van der Waals surface area contributed by atoms with Gasteiger partial charge in [-0.15, -0.1) is 0 Å². The van der Waals surface area contributed by atoms with Crippen LogP contribution in [0.4, 0.5) is 0 Å². The predicted octanol–water partition coefficient (Wildman–Crippen LogP) is 2.20. The molecule has 142 valence electrons. The average molecular weight is 366 g/mol. The molecule has 1 N–H and O–H groups in total. The Bertz CT molecular complexity index is 749. The summed E-state index contributed by atoms with van der Waals surface area (Å²) >= 11 is 0. The quantitative estimate of drug-likeness (QED) is 0.764. The van der Waals surface area contributed by atoms with Crippen LogP contribution >= 0.6 is 0 Å². The van der Waals surface area contributed by atoms with E-state index in [1.54, 1.807) is 11.8 Å². The van der Waals surface area contributed by atoms with Crippen LogP contribution in [0.25, 0.3) is 0 Å². The van der Waals surface area contributed by atoms with E-state index >= 15 is 0 Å². The number of nitrogens with zero attached hydrogens (tertiary/aromatic N) is 1. The molecule has 1 fully saturated rings. The Hall–Kier alpha value is -2.66. The average Bonchev–Trinajstić information content (AvgIpc) is 2.70. The Morgan fingerprint density at radius 1 is 1.11 bits per heavy atom. The summed E-state index contributed by atoms with van der Waals surface area (Å²) in [7, 11) is 0. The molecule has 1 heterocycles. The van der Waals surface area contributed by atoms with E-state index in [9.17, 15) is 9.59 Å². The number of esters is 1. The van der Waals surface area contributed by atoms with Gasteiger partial charge in [-0.1, -0.05) is 60.7 Å². The molecule has 0 radical (unpaired) electrons. The number of amides is 1. The fraction of sp³-hybridized carbons (Fsp3) is 0.364. The molecule has 0 spiro atoms. The molecule has 2 aromatic carbocycles. The van der Waals surface area contributed by atoms with Crippen LogP contribution in [0, 0.1) is 0 Å². The van der Waals surface area contributed by atoms with Crippen molar-refractivity contribution in [3.8, 4) is 0 Å². The summed E-state index contributed by atoms with van der Waals surface area (Å²) in [6.45, 7) is 3.25. The van der Waals surface area contributed by atoms with Crippen LogP contribution in [0.3, 0.4) is 0 Å². The minimum atomic E-state index is -0.597. The fourth-order valence-corrected chi connectivity index (χ4v) is 3.47. The van der Waals surface area contributed by atoms with Crippen LogP contribution in [-0.2, 0) is 27.2 Å². The molecule has 3 rings (SSSR count). The van der Waals surface area contributed by atoms with Gasteiger partial charge in [0.1, 0.15) is 6.04 Å². The molecule has 5 nitrogen and oxygen atoms in total. The number of hydrogen-bond acceptors (Lipinski definition) is 4. The Morgan fingerprint density at radius 2 is 1.74 bits per heavy atom. The molecule has 1 aliphatic rings. The lowest BCUT2D eigenvalue weighted by molar-refractivity contribution is -0.156. The Labute approximate surface area is 160 Å². The van der Waals surface area contributed by atoms with E-state index in [2.05, 4.69) is 5.32 Å². The van der Waals surface area contributed by atoms with Crippen LogP contribution < -0.4 is 5.32 Å². The van der Waals surface area contributed by atoms with Gasteiger partial charge in [0.2, 0.25) is 5.91 Å². The highest BCUT2D eigenvalue weighted by Crippen LogP contribution is 2.16. The van der Waals surface area contributed by atoms with E-state index in [1.807, 2.05) is 60.7 Å². The summed E-state index contributed by atoms with van der Waals surface area (Å²) in [6.07, 6.45) is 1.07. The maximum absolute atomic E-state index is 13.1. The van der Waals surface area contributed by atoms with Crippen LogP contribution in [0.2, 0.25) is 0 Å². The number of piperazine rings is 1. The lowest BCUT2D eigenvalue weighted by Crippen LogP contribution is -2.61. The van der Waals surface area contributed by atoms with Gasteiger partial charge in [-0.2, -0.15) is 0 Å². The van der Waals surface area contributed by atoms with Crippen LogP contribution in [0.15, 0.2) is 60.7 Å². The predicted molar refractivity (Wildman–Crippen MR) is 104 cm³/mol. The molecule has 2 atom stereocenters. The third-order valence-corrected chi connectivity index (χ3v) is 4.81. The van der Waals surface area contributed by atoms with Gasteiger partial charge in [-0.25, -0.2) is 4.79 Å². The summed E-state index contributed by atoms with van der Waals surface area (Å²) in [5.74, 6) is -0.380. The van der Waals surface area contributed by atoms with Gasteiger partial charge in [0.15, 0.2) is 0 Å².